The highest BCUT2D eigenvalue weighted by Crippen LogP contribution is 2.15. The van der Waals surface area contributed by atoms with E-state index >= 15 is 0 Å². The van der Waals surface area contributed by atoms with E-state index in [9.17, 15) is 9.90 Å². The van der Waals surface area contributed by atoms with Crippen LogP contribution in [0, 0.1) is 0 Å². The zero-order chi connectivity index (χ0) is 22.8. The van der Waals surface area contributed by atoms with Crippen molar-refractivity contribution in [3.8, 4) is 0 Å². The average Bonchev–Trinajstić information content (AvgIpc) is 2.86. The molecule has 1 amide bonds. The van der Waals surface area contributed by atoms with Gasteiger partial charge in [-0.15, -0.1) is 0 Å². The van der Waals surface area contributed by atoms with Crippen LogP contribution >= 0.6 is 0 Å². The summed E-state index contributed by atoms with van der Waals surface area (Å²) >= 11 is 0. The highest BCUT2D eigenvalue weighted by Gasteiger charge is 2.16. The van der Waals surface area contributed by atoms with Gasteiger partial charge in [0, 0.05) is 43.6 Å². The number of pyridine rings is 1. The minimum absolute atomic E-state index is 0.0269. The molecule has 2 unspecified atom stereocenters. The first kappa shape index (κ1) is 23.6. The topological polar surface area (TPSA) is 65.5 Å². The first-order valence-electron chi connectivity index (χ1n) is 11.3. The molecule has 5 heteroatoms. The molecule has 0 radical (unpaired) electrons. The molecule has 0 spiro atoms. The molecule has 0 aliphatic rings. The Morgan fingerprint density at radius 1 is 1.00 bits per heavy atom. The number of amides is 1. The van der Waals surface area contributed by atoms with E-state index in [1.165, 1.54) is 5.56 Å². The van der Waals surface area contributed by atoms with Crippen molar-refractivity contribution in [3.63, 3.8) is 0 Å². The Morgan fingerprint density at radius 3 is 2.38 bits per heavy atom. The molecule has 0 aliphatic heterocycles. The zero-order valence-corrected chi connectivity index (χ0v) is 18.9. The van der Waals surface area contributed by atoms with Crippen molar-refractivity contribution in [2.45, 2.75) is 45.4 Å². The Balaban J connectivity index is 1.55. The Kier molecular flexibility index (Phi) is 8.96. The molecule has 1 heterocycles. The van der Waals surface area contributed by atoms with E-state index in [2.05, 4.69) is 17.2 Å². The van der Waals surface area contributed by atoms with Crippen molar-refractivity contribution in [1.29, 1.82) is 0 Å². The lowest BCUT2D eigenvalue weighted by Gasteiger charge is -2.22. The molecule has 2 atom stereocenters. The standard InChI is InChI=1S/C27H33N3O2/c1-3-25(29-19-26(31)23-10-6-5-7-11-23)17-21-12-14-24(15-13-21)27(32)30(4-2)20-22-9-8-16-28-18-22/h5-16,18,25-26,29,31H,3-4,17,19-20H2,1-2H3. The lowest BCUT2D eigenvalue weighted by molar-refractivity contribution is 0.0752. The van der Waals surface area contributed by atoms with Gasteiger partial charge in [-0.2, -0.15) is 0 Å². The van der Waals surface area contributed by atoms with E-state index in [0.717, 1.165) is 24.0 Å². The molecule has 2 N–H and O–H groups in total. The van der Waals surface area contributed by atoms with E-state index in [1.54, 1.807) is 12.4 Å². The van der Waals surface area contributed by atoms with E-state index in [1.807, 2.05) is 78.6 Å². The van der Waals surface area contributed by atoms with Crippen molar-refractivity contribution in [1.82, 2.24) is 15.2 Å². The molecule has 0 bridgehead atoms. The third-order valence-electron chi connectivity index (χ3n) is 5.73. The molecular formula is C27H33N3O2. The SMILES string of the molecule is CCC(Cc1ccc(C(=O)N(CC)Cc2cccnc2)cc1)NCC(O)c1ccccc1. The number of hydrogen-bond acceptors (Lipinski definition) is 4. The maximum absolute atomic E-state index is 12.9. The van der Waals surface area contributed by atoms with Crippen LogP contribution in [-0.2, 0) is 13.0 Å². The normalized spacial score (nSPS) is 12.8. The lowest BCUT2D eigenvalue weighted by atomic mass is 10.0. The van der Waals surface area contributed by atoms with Gasteiger partial charge in [0.1, 0.15) is 0 Å². The molecule has 32 heavy (non-hydrogen) atoms. The van der Waals surface area contributed by atoms with Gasteiger partial charge in [0.25, 0.3) is 5.91 Å². The Bertz CT molecular complexity index is 946. The van der Waals surface area contributed by atoms with Gasteiger partial charge < -0.3 is 15.3 Å². The summed E-state index contributed by atoms with van der Waals surface area (Å²) in [6, 6.07) is 21.7. The molecule has 168 valence electrons. The van der Waals surface area contributed by atoms with Crippen LogP contribution < -0.4 is 5.32 Å². The van der Waals surface area contributed by atoms with Gasteiger partial charge in [0.05, 0.1) is 6.10 Å². The van der Waals surface area contributed by atoms with Gasteiger partial charge in [0.2, 0.25) is 0 Å². The highest BCUT2D eigenvalue weighted by molar-refractivity contribution is 5.94. The summed E-state index contributed by atoms with van der Waals surface area (Å²) in [5, 5.41) is 13.9. The van der Waals surface area contributed by atoms with Crippen LogP contribution in [0.1, 0.15) is 53.4 Å². The lowest BCUT2D eigenvalue weighted by Crippen LogP contribution is -2.34. The number of benzene rings is 2. The number of nitrogens with one attached hydrogen (secondary N) is 1. The van der Waals surface area contributed by atoms with Crippen LogP contribution in [0.4, 0.5) is 0 Å². The largest absolute Gasteiger partial charge is 0.387 e. The van der Waals surface area contributed by atoms with Gasteiger partial charge in [0.15, 0.2) is 0 Å². The first-order valence-corrected chi connectivity index (χ1v) is 11.3. The number of nitrogens with zero attached hydrogens (tertiary/aromatic N) is 2. The van der Waals surface area contributed by atoms with Crippen molar-refractivity contribution >= 4 is 5.91 Å². The second-order valence-electron chi connectivity index (χ2n) is 8.02. The van der Waals surface area contributed by atoms with E-state index < -0.39 is 6.10 Å². The van der Waals surface area contributed by atoms with E-state index in [-0.39, 0.29) is 11.9 Å². The maximum Gasteiger partial charge on any atom is 0.254 e. The van der Waals surface area contributed by atoms with Crippen LogP contribution in [0.5, 0.6) is 0 Å². The molecule has 1 aromatic heterocycles. The Labute approximate surface area is 191 Å². The summed E-state index contributed by atoms with van der Waals surface area (Å²) in [5.74, 6) is 0.0269. The maximum atomic E-state index is 12.9. The second-order valence-corrected chi connectivity index (χ2v) is 8.02. The smallest absolute Gasteiger partial charge is 0.254 e. The Morgan fingerprint density at radius 2 is 1.75 bits per heavy atom. The number of carbonyl (C=O) groups excluding carboxylic acids is 1. The molecule has 0 fully saturated rings. The van der Waals surface area contributed by atoms with E-state index in [0.29, 0.717) is 25.2 Å². The number of hydrogen-bond donors (Lipinski definition) is 2. The van der Waals surface area contributed by atoms with Crippen LogP contribution in [0.15, 0.2) is 79.1 Å². The molecule has 3 aromatic rings. The predicted molar refractivity (Wildman–Crippen MR) is 128 cm³/mol. The zero-order valence-electron chi connectivity index (χ0n) is 18.9. The fraction of sp³-hybridized carbons (Fsp3) is 0.333. The fourth-order valence-corrected chi connectivity index (χ4v) is 3.72. The van der Waals surface area contributed by atoms with Crippen LogP contribution in [0.25, 0.3) is 0 Å². The number of aliphatic hydroxyl groups is 1. The van der Waals surface area contributed by atoms with Gasteiger partial charge in [-0.05, 0) is 54.7 Å². The van der Waals surface area contributed by atoms with Gasteiger partial charge in [-0.3, -0.25) is 9.78 Å². The van der Waals surface area contributed by atoms with E-state index in [4.69, 9.17) is 0 Å². The molecule has 0 aliphatic carbocycles. The molecule has 0 saturated carbocycles. The molecule has 5 nitrogen and oxygen atoms in total. The van der Waals surface area contributed by atoms with Crippen molar-refractivity contribution in [2.24, 2.45) is 0 Å². The number of aromatic nitrogens is 1. The number of rotatable bonds is 11. The van der Waals surface area contributed by atoms with Crippen molar-refractivity contribution in [2.75, 3.05) is 13.1 Å². The first-order chi connectivity index (χ1) is 15.6. The summed E-state index contributed by atoms with van der Waals surface area (Å²) in [6.45, 7) is 5.84. The summed E-state index contributed by atoms with van der Waals surface area (Å²) in [5.41, 5.74) is 3.81. The Hall–Kier alpha value is -3.02. The van der Waals surface area contributed by atoms with Gasteiger partial charge in [-0.25, -0.2) is 0 Å². The minimum atomic E-state index is -0.523. The van der Waals surface area contributed by atoms with Crippen molar-refractivity contribution in [3.05, 3.63) is 101 Å². The fourth-order valence-electron chi connectivity index (χ4n) is 3.72. The molecule has 0 saturated heterocycles. The second kappa shape index (κ2) is 12.1. The van der Waals surface area contributed by atoms with Crippen molar-refractivity contribution < 1.29 is 9.90 Å². The summed E-state index contributed by atoms with van der Waals surface area (Å²) < 4.78 is 0. The quantitative estimate of drug-likeness (QED) is 0.473. The third-order valence-corrected chi connectivity index (χ3v) is 5.73. The third kappa shape index (κ3) is 6.74. The summed E-state index contributed by atoms with van der Waals surface area (Å²) in [6.07, 6.45) is 4.81. The predicted octanol–water partition coefficient (Wildman–Crippen LogP) is 4.39. The molecule has 3 rings (SSSR count). The average molecular weight is 432 g/mol. The summed E-state index contributed by atoms with van der Waals surface area (Å²) in [4.78, 5) is 18.9. The number of carbonyl (C=O) groups is 1. The summed E-state index contributed by atoms with van der Waals surface area (Å²) in [7, 11) is 0. The van der Waals surface area contributed by atoms with Crippen LogP contribution in [-0.4, -0.2) is 40.0 Å². The monoisotopic (exact) mass is 431 g/mol. The molecule has 2 aromatic carbocycles. The van der Waals surface area contributed by atoms with Crippen LogP contribution in [0.3, 0.4) is 0 Å². The van der Waals surface area contributed by atoms with Crippen LogP contribution in [0.2, 0.25) is 0 Å². The minimum Gasteiger partial charge on any atom is -0.387 e. The highest BCUT2D eigenvalue weighted by atomic mass is 16.3. The molecular weight excluding hydrogens is 398 g/mol. The van der Waals surface area contributed by atoms with Gasteiger partial charge >= 0.3 is 0 Å². The van der Waals surface area contributed by atoms with Gasteiger partial charge in [-0.1, -0.05) is 55.5 Å². The number of aliphatic hydroxyl groups excluding tert-OH is 1.